The first-order valence-electron chi connectivity index (χ1n) is 3.26. The van der Waals surface area contributed by atoms with Gasteiger partial charge in [-0.15, -0.1) is 0 Å². The maximum Gasteiger partial charge on any atom is 0.355 e. The monoisotopic (exact) mass is 236 g/mol. The maximum atomic E-state index is 12.4. The van der Waals surface area contributed by atoms with Crippen LogP contribution in [-0.4, -0.2) is 5.92 Å². The molecule has 0 unspecified atom stereocenters. The predicted molar refractivity (Wildman–Crippen MR) is 32.7 cm³/mol. The molecule has 1 rings (SSSR count). The fourth-order valence-electron chi connectivity index (χ4n) is 0.757. The van der Waals surface area contributed by atoms with Crippen LogP contribution < -0.4 is 0 Å². The van der Waals surface area contributed by atoms with Crippen LogP contribution in [0.2, 0.25) is 0 Å². The van der Waals surface area contributed by atoms with Gasteiger partial charge < -0.3 is 0 Å². The Morgan fingerprint density at radius 3 is 1.07 bits per heavy atom. The summed E-state index contributed by atoms with van der Waals surface area (Å²) in [6.45, 7) is 0. The molecule has 0 N–H and O–H groups in total. The first-order chi connectivity index (χ1) is 6.71. The molecule has 0 aromatic heterocycles. The molecule has 0 radical (unpaired) electrons. The third-order valence-corrected chi connectivity index (χ3v) is 1.51. The van der Waals surface area contributed by atoms with Gasteiger partial charge in [0, 0.05) is 0 Å². The van der Waals surface area contributed by atoms with Crippen LogP contribution in [0.1, 0.15) is 0 Å². The van der Waals surface area contributed by atoms with Crippen LogP contribution in [-0.2, 0) is 0 Å². The molecule has 15 heavy (non-hydrogen) atoms. The molecule has 0 aromatic carbocycles. The summed E-state index contributed by atoms with van der Waals surface area (Å²) in [6.07, 6.45) is 0. The van der Waals surface area contributed by atoms with E-state index in [0.717, 1.165) is 0 Å². The lowest BCUT2D eigenvalue weighted by atomic mass is 10.2. The van der Waals surface area contributed by atoms with Crippen molar-refractivity contribution in [3.8, 4) is 0 Å². The van der Waals surface area contributed by atoms with Crippen LogP contribution >= 0.6 is 0 Å². The van der Waals surface area contributed by atoms with Crippen LogP contribution in [0, 0.1) is 0 Å². The Balaban J connectivity index is 3.61. The number of rotatable bonds is 0. The third kappa shape index (κ3) is 1.53. The number of alkyl halides is 2. The normalized spacial score (nSPS) is 22.4. The Bertz CT molecular complexity index is 363. The van der Waals surface area contributed by atoms with Gasteiger partial charge in [0.1, 0.15) is 0 Å². The van der Waals surface area contributed by atoms with E-state index in [4.69, 9.17) is 0 Å². The lowest BCUT2D eigenvalue weighted by molar-refractivity contribution is 0.0278. The predicted octanol–water partition coefficient (Wildman–Crippen LogP) is 4.09. The van der Waals surface area contributed by atoms with Crippen molar-refractivity contribution in [3.05, 3.63) is 35.0 Å². The van der Waals surface area contributed by atoms with Crippen LogP contribution in [0.5, 0.6) is 0 Å². The highest BCUT2D eigenvalue weighted by Crippen LogP contribution is 2.45. The van der Waals surface area contributed by atoms with Crippen molar-refractivity contribution in [2.45, 2.75) is 5.92 Å². The smallest absolute Gasteiger partial charge is 0.201 e. The molecule has 1 aliphatic carbocycles. The average Bonchev–Trinajstić information content (AvgIpc) is 2.23. The largest absolute Gasteiger partial charge is 0.355 e. The highest BCUT2D eigenvalue weighted by molar-refractivity contribution is 5.43. The second kappa shape index (κ2) is 3.35. The first kappa shape index (κ1) is 11.7. The molecule has 0 amide bonds. The van der Waals surface area contributed by atoms with Crippen molar-refractivity contribution in [2.75, 3.05) is 0 Å². The molecule has 0 aromatic rings. The highest BCUT2D eigenvalue weighted by Gasteiger charge is 2.50. The van der Waals surface area contributed by atoms with E-state index in [1.54, 1.807) is 0 Å². The Morgan fingerprint density at radius 2 is 0.800 bits per heavy atom. The number of hydrogen-bond donors (Lipinski definition) is 0. The lowest BCUT2D eigenvalue weighted by Gasteiger charge is -2.10. The molecule has 0 aliphatic heterocycles. The van der Waals surface area contributed by atoms with Gasteiger partial charge in [0.25, 0.3) is 0 Å². The Morgan fingerprint density at radius 1 is 0.533 bits per heavy atom. The second-order valence-electron chi connectivity index (χ2n) is 2.46. The molecule has 0 fully saturated rings. The minimum atomic E-state index is -5.36. The highest BCUT2D eigenvalue weighted by atomic mass is 19.3. The topological polar surface area (TPSA) is 0 Å². The van der Waals surface area contributed by atoms with Gasteiger partial charge in [-0.3, -0.25) is 0 Å². The molecular weight excluding hydrogens is 236 g/mol. The van der Waals surface area contributed by atoms with Crippen LogP contribution in [0.3, 0.4) is 0 Å². The van der Waals surface area contributed by atoms with Crippen molar-refractivity contribution in [2.24, 2.45) is 0 Å². The molecule has 0 saturated heterocycles. The third-order valence-electron chi connectivity index (χ3n) is 1.51. The Kier molecular flexibility index (Phi) is 2.62. The van der Waals surface area contributed by atoms with Crippen LogP contribution in [0.15, 0.2) is 35.0 Å². The van der Waals surface area contributed by atoms with E-state index in [-0.39, 0.29) is 0 Å². The standard InChI is InChI=1S/C7F8/c8-1-2(9)4(11)6(13)7(14,15)5(12)3(1)10. The summed E-state index contributed by atoms with van der Waals surface area (Å²) < 4.78 is 98.7. The van der Waals surface area contributed by atoms with Gasteiger partial charge >= 0.3 is 5.92 Å². The number of allylic oxidation sites excluding steroid dienone is 6. The van der Waals surface area contributed by atoms with Crippen molar-refractivity contribution in [3.63, 3.8) is 0 Å². The SMILES string of the molecule is FC1=C(F)C(F)=C(F)C(F)(F)C(F)=C1F. The Hall–Kier alpha value is -1.34. The molecule has 8 heteroatoms. The second-order valence-corrected chi connectivity index (χ2v) is 2.46. The summed E-state index contributed by atoms with van der Waals surface area (Å²) in [6, 6.07) is 0. The fraction of sp³-hybridized carbons (Fsp3) is 0.143. The molecule has 0 spiro atoms. The Labute approximate surface area is 77.2 Å². The molecule has 0 saturated carbocycles. The van der Waals surface area contributed by atoms with E-state index in [1.165, 1.54) is 0 Å². The van der Waals surface area contributed by atoms with E-state index in [1.807, 2.05) is 0 Å². The average molecular weight is 236 g/mol. The van der Waals surface area contributed by atoms with E-state index in [0.29, 0.717) is 0 Å². The van der Waals surface area contributed by atoms with Gasteiger partial charge in [-0.25, -0.2) is 26.3 Å². The van der Waals surface area contributed by atoms with Gasteiger partial charge in [0.2, 0.25) is 23.3 Å². The zero-order chi connectivity index (χ0) is 12.0. The maximum absolute atomic E-state index is 12.4. The quantitative estimate of drug-likeness (QED) is 0.555. The fourth-order valence-corrected chi connectivity index (χ4v) is 0.757. The van der Waals surface area contributed by atoms with Gasteiger partial charge in [-0.1, -0.05) is 0 Å². The van der Waals surface area contributed by atoms with Crippen LogP contribution in [0.4, 0.5) is 35.1 Å². The molecule has 0 bridgehead atoms. The molecule has 0 atom stereocenters. The van der Waals surface area contributed by atoms with Gasteiger partial charge in [-0.2, -0.15) is 8.78 Å². The van der Waals surface area contributed by atoms with Gasteiger partial charge in [0.05, 0.1) is 0 Å². The van der Waals surface area contributed by atoms with Gasteiger partial charge in [-0.05, 0) is 0 Å². The van der Waals surface area contributed by atoms with E-state index >= 15 is 0 Å². The minimum absolute atomic E-state index is 2.85. The summed E-state index contributed by atoms with van der Waals surface area (Å²) in [5, 5.41) is 0. The van der Waals surface area contributed by atoms with E-state index < -0.39 is 40.9 Å². The van der Waals surface area contributed by atoms with Crippen LogP contribution in [0.25, 0.3) is 0 Å². The summed E-state index contributed by atoms with van der Waals surface area (Å²) in [5.74, 6) is -23.4. The summed E-state index contributed by atoms with van der Waals surface area (Å²) >= 11 is 0. The molecule has 84 valence electrons. The summed E-state index contributed by atoms with van der Waals surface area (Å²) in [5.41, 5.74) is 0. The summed E-state index contributed by atoms with van der Waals surface area (Å²) in [7, 11) is 0. The number of halogens is 8. The zero-order valence-corrected chi connectivity index (χ0v) is 6.52. The van der Waals surface area contributed by atoms with E-state index in [2.05, 4.69) is 0 Å². The molecular formula is C7F8. The van der Waals surface area contributed by atoms with Crippen molar-refractivity contribution in [1.29, 1.82) is 0 Å². The first-order valence-corrected chi connectivity index (χ1v) is 3.26. The molecule has 0 nitrogen and oxygen atoms in total. The molecule has 0 heterocycles. The van der Waals surface area contributed by atoms with Crippen molar-refractivity contribution < 1.29 is 35.1 Å². The number of hydrogen-bond acceptors (Lipinski definition) is 0. The molecule has 1 aliphatic rings. The minimum Gasteiger partial charge on any atom is -0.201 e. The van der Waals surface area contributed by atoms with Crippen molar-refractivity contribution >= 4 is 0 Å². The lowest BCUT2D eigenvalue weighted by Crippen LogP contribution is -2.19. The van der Waals surface area contributed by atoms with Gasteiger partial charge in [0.15, 0.2) is 11.7 Å². The van der Waals surface area contributed by atoms with E-state index in [9.17, 15) is 35.1 Å². The summed E-state index contributed by atoms with van der Waals surface area (Å²) in [4.78, 5) is 0. The van der Waals surface area contributed by atoms with Crippen molar-refractivity contribution in [1.82, 2.24) is 0 Å². The zero-order valence-electron chi connectivity index (χ0n) is 6.52.